The van der Waals surface area contributed by atoms with Crippen LogP contribution in [0.4, 0.5) is 18.9 Å². The molecule has 2 aromatic carbocycles. The predicted octanol–water partition coefficient (Wildman–Crippen LogP) is 4.22. The average Bonchev–Trinajstić information content (AvgIpc) is 2.90. The van der Waals surface area contributed by atoms with Gasteiger partial charge in [0.2, 0.25) is 5.91 Å². The molecule has 3 N–H and O–H groups in total. The number of aliphatic hydroxyl groups is 1. The number of carbonyl (C=O) groups is 1. The van der Waals surface area contributed by atoms with Crippen LogP contribution in [0.3, 0.4) is 0 Å². The zero-order chi connectivity index (χ0) is 19.2. The van der Waals surface area contributed by atoms with Crippen LogP contribution >= 0.6 is 0 Å². The summed E-state index contributed by atoms with van der Waals surface area (Å²) in [6.07, 6.45) is -2.34. The predicted molar refractivity (Wildman–Crippen MR) is 94.5 cm³/mol. The Balaban J connectivity index is 1.95. The summed E-state index contributed by atoms with van der Waals surface area (Å²) in [6, 6.07) is 8.79. The van der Waals surface area contributed by atoms with Crippen molar-refractivity contribution >= 4 is 22.5 Å². The lowest BCUT2D eigenvalue weighted by Gasteiger charge is -2.08. The number of rotatable bonds is 1. The molecule has 0 saturated carbocycles. The number of aliphatic hydroxyl groups excluding tert-OH is 1. The molecule has 4 nitrogen and oxygen atoms in total. The van der Waals surface area contributed by atoms with E-state index in [4.69, 9.17) is 5.11 Å². The first-order valence-corrected chi connectivity index (χ1v) is 8.13. The smallest absolute Gasteiger partial charge is 0.416 e. The van der Waals surface area contributed by atoms with Gasteiger partial charge in [-0.25, -0.2) is 0 Å². The lowest BCUT2D eigenvalue weighted by molar-refractivity contribution is -0.137. The van der Waals surface area contributed by atoms with Crippen molar-refractivity contribution in [2.45, 2.75) is 19.0 Å². The van der Waals surface area contributed by atoms with E-state index >= 15 is 0 Å². The summed E-state index contributed by atoms with van der Waals surface area (Å²) in [5.41, 5.74) is 2.98. The molecule has 0 bridgehead atoms. The second-order valence-corrected chi connectivity index (χ2v) is 6.31. The minimum Gasteiger partial charge on any atom is -0.462 e. The van der Waals surface area contributed by atoms with Crippen molar-refractivity contribution in [1.29, 1.82) is 0 Å². The molecule has 0 saturated heterocycles. The van der Waals surface area contributed by atoms with Crippen LogP contribution in [0.25, 0.3) is 22.2 Å². The van der Waals surface area contributed by atoms with Crippen molar-refractivity contribution in [1.82, 2.24) is 4.98 Å². The monoisotopic (exact) mass is 370 g/mol. The Bertz CT molecular complexity index is 1130. The Morgan fingerprint density at radius 2 is 1.96 bits per heavy atom. The van der Waals surface area contributed by atoms with Gasteiger partial charge in [0.05, 0.1) is 23.4 Å². The van der Waals surface area contributed by atoms with Gasteiger partial charge in [0.1, 0.15) is 6.11 Å². The van der Waals surface area contributed by atoms with E-state index in [9.17, 15) is 18.0 Å². The number of benzene rings is 2. The number of nitrogens with one attached hydrogen (secondary N) is 2. The van der Waals surface area contributed by atoms with E-state index in [-0.39, 0.29) is 12.3 Å². The Morgan fingerprint density at radius 1 is 1.15 bits per heavy atom. The highest BCUT2D eigenvalue weighted by Crippen LogP contribution is 2.40. The van der Waals surface area contributed by atoms with Crippen LogP contribution in [0.1, 0.15) is 16.7 Å². The van der Waals surface area contributed by atoms with Crippen LogP contribution in [-0.2, 0) is 23.8 Å². The molecule has 1 aromatic heterocycles. The van der Waals surface area contributed by atoms with E-state index in [0.717, 1.165) is 17.7 Å². The molecule has 0 atom stereocenters. The molecule has 1 aliphatic heterocycles. The average molecular weight is 370 g/mol. The third kappa shape index (κ3) is 2.99. The zero-order valence-electron chi connectivity index (χ0n) is 13.9. The van der Waals surface area contributed by atoms with Gasteiger partial charge in [0, 0.05) is 22.9 Å². The molecule has 1 amide bonds. The maximum Gasteiger partial charge on any atom is 0.416 e. The lowest BCUT2D eigenvalue weighted by Crippen LogP contribution is -2.12. The van der Waals surface area contributed by atoms with Crippen molar-refractivity contribution in [3.63, 3.8) is 0 Å². The molecule has 136 valence electrons. The molecule has 1 aliphatic rings. The Hall–Kier alpha value is -3.40. The fraction of sp³-hybridized carbons (Fsp3) is 0.150. The summed E-state index contributed by atoms with van der Waals surface area (Å²) in [7, 11) is 0. The van der Waals surface area contributed by atoms with Gasteiger partial charge in [-0.3, -0.25) is 4.79 Å². The van der Waals surface area contributed by atoms with Gasteiger partial charge >= 0.3 is 6.18 Å². The number of hydrogen-bond acceptors (Lipinski definition) is 2. The number of carbonyl (C=O) groups excluding carboxylic acids is 1. The van der Waals surface area contributed by atoms with Crippen LogP contribution < -0.4 is 5.32 Å². The zero-order valence-corrected chi connectivity index (χ0v) is 13.9. The maximum absolute atomic E-state index is 13.1. The van der Waals surface area contributed by atoms with E-state index in [1.54, 1.807) is 12.1 Å². The van der Waals surface area contributed by atoms with Crippen LogP contribution in [0, 0.1) is 12.0 Å². The number of anilines is 1. The van der Waals surface area contributed by atoms with Crippen molar-refractivity contribution < 1.29 is 23.1 Å². The second kappa shape index (κ2) is 6.09. The molecular formula is C20H13F3N2O2. The minimum atomic E-state index is -4.46. The highest BCUT2D eigenvalue weighted by Gasteiger charge is 2.32. The van der Waals surface area contributed by atoms with Gasteiger partial charge in [0.25, 0.3) is 0 Å². The van der Waals surface area contributed by atoms with Gasteiger partial charge in [-0.1, -0.05) is 12.0 Å². The number of halogens is 3. The van der Waals surface area contributed by atoms with Crippen LogP contribution in [-0.4, -0.2) is 16.0 Å². The molecule has 7 heteroatoms. The fourth-order valence-electron chi connectivity index (χ4n) is 3.35. The first kappa shape index (κ1) is 17.0. The lowest BCUT2D eigenvalue weighted by atomic mass is 9.99. The molecule has 0 radical (unpaired) electrons. The number of aromatic amines is 1. The first-order chi connectivity index (χ1) is 12.9. The highest BCUT2D eigenvalue weighted by molar-refractivity contribution is 6.05. The minimum absolute atomic E-state index is 0.0307. The van der Waals surface area contributed by atoms with Gasteiger partial charge in [-0.2, -0.15) is 13.2 Å². The number of alkyl halides is 3. The number of amides is 1. The van der Waals surface area contributed by atoms with Gasteiger partial charge in [-0.15, -0.1) is 0 Å². The van der Waals surface area contributed by atoms with Gasteiger partial charge in [0.15, 0.2) is 0 Å². The SMILES string of the molecule is O=C1Cc2c([nH]c3ccc(C(F)(F)F)cc23)-c2cc(CC#CO)ccc2N1. The van der Waals surface area contributed by atoms with E-state index in [2.05, 4.69) is 16.2 Å². The highest BCUT2D eigenvalue weighted by atomic mass is 19.4. The summed E-state index contributed by atoms with van der Waals surface area (Å²) < 4.78 is 39.3. The van der Waals surface area contributed by atoms with Crippen molar-refractivity contribution in [3.05, 3.63) is 53.1 Å². The summed E-state index contributed by atoms with van der Waals surface area (Å²) in [6.45, 7) is 0. The number of aromatic nitrogens is 1. The largest absolute Gasteiger partial charge is 0.462 e. The quantitative estimate of drug-likeness (QED) is 0.562. The molecule has 0 fully saturated rings. The summed E-state index contributed by atoms with van der Waals surface area (Å²) in [5.74, 6) is 2.26. The van der Waals surface area contributed by atoms with Crippen LogP contribution in [0.15, 0.2) is 36.4 Å². The molecule has 0 spiro atoms. The van der Waals surface area contributed by atoms with E-state index < -0.39 is 11.7 Å². The van der Waals surface area contributed by atoms with Gasteiger partial charge in [-0.05, 0) is 41.5 Å². The second-order valence-electron chi connectivity index (χ2n) is 6.31. The van der Waals surface area contributed by atoms with Crippen molar-refractivity contribution in [2.24, 2.45) is 0 Å². The Labute approximate surface area is 152 Å². The third-order valence-corrected chi connectivity index (χ3v) is 4.57. The maximum atomic E-state index is 13.1. The number of H-pyrrole nitrogens is 1. The molecule has 0 unspecified atom stereocenters. The van der Waals surface area contributed by atoms with E-state index in [0.29, 0.717) is 39.8 Å². The van der Waals surface area contributed by atoms with Crippen LogP contribution in [0.2, 0.25) is 0 Å². The van der Waals surface area contributed by atoms with Crippen molar-refractivity contribution in [2.75, 3.05) is 5.32 Å². The molecule has 27 heavy (non-hydrogen) atoms. The summed E-state index contributed by atoms with van der Waals surface area (Å²) in [4.78, 5) is 15.4. The normalized spacial score (nSPS) is 13.2. The number of hydrogen-bond donors (Lipinski definition) is 3. The van der Waals surface area contributed by atoms with E-state index in [1.165, 1.54) is 6.07 Å². The number of fused-ring (bicyclic) bond motifs is 5. The summed E-state index contributed by atoms with van der Waals surface area (Å²) >= 11 is 0. The first-order valence-electron chi connectivity index (χ1n) is 8.13. The molecule has 3 aromatic rings. The van der Waals surface area contributed by atoms with Crippen molar-refractivity contribution in [3.8, 4) is 23.3 Å². The fourth-order valence-corrected chi connectivity index (χ4v) is 3.35. The Morgan fingerprint density at radius 3 is 2.70 bits per heavy atom. The molecule has 0 aliphatic carbocycles. The summed E-state index contributed by atoms with van der Waals surface area (Å²) in [5, 5.41) is 11.8. The molecule has 2 heterocycles. The Kier molecular flexibility index (Phi) is 3.84. The standard InChI is InChI=1S/C20H13F3N2O2/c21-20(22,23)12-4-6-16-13(9-12)14-10-18(27)24-17-5-3-11(2-1-7-26)8-15(17)19(14)25-16/h3-6,8-9,25-26H,2,10H2,(H,24,27). The van der Waals surface area contributed by atoms with Gasteiger partial charge < -0.3 is 15.4 Å². The third-order valence-electron chi connectivity index (χ3n) is 4.57. The van der Waals surface area contributed by atoms with E-state index in [1.807, 2.05) is 12.2 Å². The van der Waals surface area contributed by atoms with Crippen LogP contribution in [0.5, 0.6) is 0 Å². The molecule has 4 rings (SSSR count). The molecular weight excluding hydrogens is 357 g/mol. The topological polar surface area (TPSA) is 65.1 Å².